The molecule has 1 N–H and O–H groups in total. The Bertz CT molecular complexity index is 260. The molecule has 0 radical (unpaired) electrons. The van der Waals surface area contributed by atoms with Crippen LogP contribution in [0.5, 0.6) is 0 Å². The molecule has 0 rings (SSSR count). The van der Waals surface area contributed by atoms with Crippen LogP contribution in [0.2, 0.25) is 0 Å². The van der Waals surface area contributed by atoms with Crippen molar-refractivity contribution < 1.29 is 8.42 Å². The average Bonchev–Trinajstić information content (AvgIpc) is 2.13. The first-order valence-electron chi connectivity index (χ1n) is 5.70. The molecule has 2 unspecified atom stereocenters. The van der Waals surface area contributed by atoms with E-state index in [9.17, 15) is 8.42 Å². The predicted molar refractivity (Wildman–Crippen MR) is 65.8 cm³/mol. The highest BCUT2D eigenvalue weighted by atomic mass is 32.2. The molecular weight excluding hydrogens is 210 g/mol. The van der Waals surface area contributed by atoms with Crippen LogP contribution >= 0.6 is 0 Å². The van der Waals surface area contributed by atoms with Gasteiger partial charge in [-0.2, -0.15) is 0 Å². The van der Waals surface area contributed by atoms with Crippen molar-refractivity contribution in [3.63, 3.8) is 0 Å². The molecule has 0 aliphatic heterocycles. The van der Waals surface area contributed by atoms with E-state index < -0.39 is 9.84 Å². The molecule has 3 nitrogen and oxygen atoms in total. The van der Waals surface area contributed by atoms with Gasteiger partial charge in [-0.15, -0.1) is 0 Å². The zero-order valence-corrected chi connectivity index (χ0v) is 11.4. The van der Waals surface area contributed by atoms with Crippen LogP contribution in [0.1, 0.15) is 34.1 Å². The van der Waals surface area contributed by atoms with Gasteiger partial charge in [-0.1, -0.05) is 34.1 Å². The first kappa shape index (κ1) is 14.9. The lowest BCUT2D eigenvalue weighted by Gasteiger charge is -2.20. The van der Waals surface area contributed by atoms with Gasteiger partial charge in [0.15, 0.2) is 9.84 Å². The van der Waals surface area contributed by atoms with Crippen molar-refractivity contribution in [2.24, 2.45) is 11.8 Å². The second-order valence-electron chi connectivity index (χ2n) is 4.73. The number of hydrogen-bond donors (Lipinski definition) is 1. The summed E-state index contributed by atoms with van der Waals surface area (Å²) in [5.74, 6) is 1.18. The fourth-order valence-electron chi connectivity index (χ4n) is 1.50. The van der Waals surface area contributed by atoms with Crippen molar-refractivity contribution in [3.05, 3.63) is 0 Å². The molecule has 0 aliphatic rings. The zero-order chi connectivity index (χ0) is 12.1. The normalized spacial score (nSPS) is 16.7. The summed E-state index contributed by atoms with van der Waals surface area (Å²) in [7, 11) is -1.09. The molecule has 4 heteroatoms. The van der Waals surface area contributed by atoms with Gasteiger partial charge in [-0.3, -0.25) is 0 Å². The van der Waals surface area contributed by atoms with Crippen LogP contribution < -0.4 is 5.32 Å². The highest BCUT2D eigenvalue weighted by Crippen LogP contribution is 2.10. The van der Waals surface area contributed by atoms with Gasteiger partial charge in [0.05, 0.1) is 11.5 Å². The molecule has 15 heavy (non-hydrogen) atoms. The maximum absolute atomic E-state index is 11.8. The summed E-state index contributed by atoms with van der Waals surface area (Å²) in [6.07, 6.45) is 0.922. The Balaban J connectivity index is 4.36. The van der Waals surface area contributed by atoms with Gasteiger partial charge in [0, 0.05) is 6.04 Å². The fraction of sp³-hybridized carbons (Fsp3) is 1.00. The third-order valence-electron chi connectivity index (χ3n) is 2.84. The summed E-state index contributed by atoms with van der Waals surface area (Å²) in [6.45, 7) is 8.10. The van der Waals surface area contributed by atoms with E-state index in [-0.39, 0.29) is 17.7 Å². The third-order valence-corrected chi connectivity index (χ3v) is 4.79. The fourth-order valence-corrected chi connectivity index (χ4v) is 3.84. The summed E-state index contributed by atoms with van der Waals surface area (Å²) in [4.78, 5) is 0. The van der Waals surface area contributed by atoms with Crippen molar-refractivity contribution in [2.75, 3.05) is 18.6 Å². The summed E-state index contributed by atoms with van der Waals surface area (Å²) in [5, 5.41) is 3.07. The molecule has 0 amide bonds. The Morgan fingerprint density at radius 3 is 2.00 bits per heavy atom. The van der Waals surface area contributed by atoms with Crippen LogP contribution in [0.3, 0.4) is 0 Å². The second kappa shape index (κ2) is 6.48. The van der Waals surface area contributed by atoms with Crippen molar-refractivity contribution in [1.82, 2.24) is 5.32 Å². The molecule has 0 aromatic heterocycles. The number of hydrogen-bond acceptors (Lipinski definition) is 3. The monoisotopic (exact) mass is 235 g/mol. The molecular formula is C11H25NO2S. The van der Waals surface area contributed by atoms with Gasteiger partial charge in [-0.25, -0.2) is 8.42 Å². The van der Waals surface area contributed by atoms with Gasteiger partial charge < -0.3 is 5.32 Å². The Morgan fingerprint density at radius 1 is 1.13 bits per heavy atom. The Kier molecular flexibility index (Phi) is 6.44. The first-order chi connectivity index (χ1) is 6.82. The van der Waals surface area contributed by atoms with Crippen molar-refractivity contribution in [3.8, 4) is 0 Å². The summed E-state index contributed by atoms with van der Waals surface area (Å²) < 4.78 is 23.7. The van der Waals surface area contributed by atoms with Gasteiger partial charge >= 0.3 is 0 Å². The molecule has 0 fully saturated rings. The van der Waals surface area contributed by atoms with Crippen LogP contribution in [0.25, 0.3) is 0 Å². The number of rotatable bonds is 7. The number of sulfone groups is 1. The summed E-state index contributed by atoms with van der Waals surface area (Å²) >= 11 is 0. The molecule has 0 bridgehead atoms. The standard InChI is InChI=1S/C11H25NO2S/c1-6-10(4)7-15(13,14)8-11(12-5)9(2)3/h9-12H,6-8H2,1-5H3. The van der Waals surface area contributed by atoms with E-state index in [2.05, 4.69) is 5.32 Å². The molecule has 0 aromatic carbocycles. The lowest BCUT2D eigenvalue weighted by molar-refractivity contribution is 0.453. The minimum Gasteiger partial charge on any atom is -0.316 e. The van der Waals surface area contributed by atoms with E-state index in [1.807, 2.05) is 34.7 Å². The molecule has 92 valence electrons. The highest BCUT2D eigenvalue weighted by molar-refractivity contribution is 7.91. The third kappa shape index (κ3) is 6.15. The molecule has 2 atom stereocenters. The SMILES string of the molecule is CCC(C)CS(=O)(=O)CC(NC)C(C)C. The van der Waals surface area contributed by atoms with Gasteiger partial charge in [0.1, 0.15) is 0 Å². The van der Waals surface area contributed by atoms with E-state index in [0.717, 1.165) is 6.42 Å². The summed E-state index contributed by atoms with van der Waals surface area (Å²) in [5.41, 5.74) is 0. The Labute approximate surface area is 94.6 Å². The predicted octanol–water partition coefficient (Wildman–Crippen LogP) is 1.69. The largest absolute Gasteiger partial charge is 0.316 e. The lowest BCUT2D eigenvalue weighted by Crippen LogP contribution is -2.38. The van der Waals surface area contributed by atoms with E-state index in [1.165, 1.54) is 0 Å². The van der Waals surface area contributed by atoms with Crippen LogP contribution in [0, 0.1) is 11.8 Å². The van der Waals surface area contributed by atoms with Crippen molar-refractivity contribution in [2.45, 2.75) is 40.2 Å². The molecule has 0 saturated carbocycles. The van der Waals surface area contributed by atoms with E-state index in [4.69, 9.17) is 0 Å². The van der Waals surface area contributed by atoms with Gasteiger partial charge in [-0.05, 0) is 18.9 Å². The van der Waals surface area contributed by atoms with E-state index >= 15 is 0 Å². The molecule has 0 heterocycles. The summed E-state index contributed by atoms with van der Waals surface area (Å²) in [6, 6.07) is 0.0686. The van der Waals surface area contributed by atoms with Crippen LogP contribution in [-0.2, 0) is 9.84 Å². The van der Waals surface area contributed by atoms with Crippen LogP contribution in [0.15, 0.2) is 0 Å². The van der Waals surface area contributed by atoms with E-state index in [1.54, 1.807) is 0 Å². The number of nitrogens with one attached hydrogen (secondary N) is 1. The van der Waals surface area contributed by atoms with Crippen molar-refractivity contribution >= 4 is 9.84 Å². The maximum Gasteiger partial charge on any atom is 0.152 e. The van der Waals surface area contributed by atoms with E-state index in [0.29, 0.717) is 11.7 Å². The Hall–Kier alpha value is -0.0900. The molecule has 0 aromatic rings. The minimum absolute atomic E-state index is 0.0686. The minimum atomic E-state index is -2.91. The molecule has 0 spiro atoms. The first-order valence-corrected chi connectivity index (χ1v) is 7.52. The quantitative estimate of drug-likeness (QED) is 0.730. The average molecular weight is 235 g/mol. The van der Waals surface area contributed by atoms with Gasteiger partial charge in [0.2, 0.25) is 0 Å². The molecule has 0 saturated heterocycles. The zero-order valence-electron chi connectivity index (χ0n) is 10.6. The lowest BCUT2D eigenvalue weighted by atomic mass is 10.1. The Morgan fingerprint density at radius 2 is 1.67 bits per heavy atom. The topological polar surface area (TPSA) is 46.2 Å². The smallest absolute Gasteiger partial charge is 0.152 e. The maximum atomic E-state index is 11.8. The van der Waals surface area contributed by atoms with Crippen LogP contribution in [-0.4, -0.2) is 33.0 Å². The van der Waals surface area contributed by atoms with Crippen molar-refractivity contribution in [1.29, 1.82) is 0 Å². The second-order valence-corrected chi connectivity index (χ2v) is 6.88. The highest BCUT2D eigenvalue weighted by Gasteiger charge is 2.22. The van der Waals surface area contributed by atoms with Gasteiger partial charge in [0.25, 0.3) is 0 Å². The van der Waals surface area contributed by atoms with Crippen LogP contribution in [0.4, 0.5) is 0 Å². The molecule has 0 aliphatic carbocycles.